The third-order valence-electron chi connectivity index (χ3n) is 6.23. The molecule has 1 atom stereocenters. The fourth-order valence-corrected chi connectivity index (χ4v) is 5.35. The topological polar surface area (TPSA) is 69.4 Å². The molecule has 156 valence electrons. The van der Waals surface area contributed by atoms with Crippen LogP contribution in [-0.4, -0.2) is 39.4 Å². The molecule has 30 heavy (non-hydrogen) atoms. The highest BCUT2D eigenvalue weighted by Gasteiger charge is 2.44. The molecule has 1 fully saturated rings. The lowest BCUT2D eigenvalue weighted by Crippen LogP contribution is -2.43. The van der Waals surface area contributed by atoms with E-state index in [1.54, 1.807) is 23.0 Å². The van der Waals surface area contributed by atoms with Gasteiger partial charge < -0.3 is 4.74 Å². The Morgan fingerprint density at radius 2 is 1.90 bits per heavy atom. The van der Waals surface area contributed by atoms with Crippen molar-refractivity contribution in [3.8, 4) is 5.75 Å². The van der Waals surface area contributed by atoms with E-state index < -0.39 is 11.1 Å². The summed E-state index contributed by atoms with van der Waals surface area (Å²) in [5.74, 6) is 1.48. The average molecular weight is 425 g/mol. The van der Waals surface area contributed by atoms with Crippen LogP contribution in [0.5, 0.6) is 5.75 Å². The largest absolute Gasteiger partial charge is 0.497 e. The predicted molar refractivity (Wildman–Crippen MR) is 115 cm³/mol. The van der Waals surface area contributed by atoms with Crippen LogP contribution < -0.4 is 15.9 Å². The molecular formula is C22H24N4O3S. The van der Waals surface area contributed by atoms with Gasteiger partial charge in [-0.3, -0.25) is 19.1 Å². The molecule has 1 saturated heterocycles. The Kier molecular flexibility index (Phi) is 4.83. The van der Waals surface area contributed by atoms with E-state index >= 15 is 0 Å². The van der Waals surface area contributed by atoms with Crippen molar-refractivity contribution in [3.05, 3.63) is 78.8 Å². The maximum Gasteiger partial charge on any atom is 0.332 e. The zero-order valence-corrected chi connectivity index (χ0v) is 17.7. The van der Waals surface area contributed by atoms with Gasteiger partial charge in [0.2, 0.25) is 0 Å². The van der Waals surface area contributed by atoms with Crippen molar-refractivity contribution in [3.63, 3.8) is 0 Å². The smallest absolute Gasteiger partial charge is 0.332 e. The summed E-state index contributed by atoms with van der Waals surface area (Å²) >= 11 is 1.72. The lowest BCUT2D eigenvalue weighted by molar-refractivity contribution is 0.246. The van der Waals surface area contributed by atoms with Crippen molar-refractivity contribution < 1.29 is 4.74 Å². The Morgan fingerprint density at radius 3 is 2.63 bits per heavy atom. The van der Waals surface area contributed by atoms with Crippen LogP contribution in [0.15, 0.2) is 50.7 Å². The molecule has 0 bridgehead atoms. The molecule has 5 rings (SSSR count). The van der Waals surface area contributed by atoms with Crippen LogP contribution in [0, 0.1) is 5.41 Å². The number of benzene rings is 1. The second kappa shape index (κ2) is 7.52. The number of rotatable bonds is 5. The van der Waals surface area contributed by atoms with Gasteiger partial charge in [0.15, 0.2) is 0 Å². The quantitative estimate of drug-likeness (QED) is 0.586. The van der Waals surface area contributed by atoms with E-state index in [1.807, 2.05) is 24.3 Å². The monoisotopic (exact) mass is 424 g/mol. The lowest BCUT2D eigenvalue weighted by Gasteiger charge is -2.22. The maximum absolute atomic E-state index is 12.8. The van der Waals surface area contributed by atoms with Gasteiger partial charge in [-0.2, -0.15) is 16.4 Å². The van der Waals surface area contributed by atoms with Gasteiger partial charge in [0.05, 0.1) is 13.7 Å². The van der Waals surface area contributed by atoms with E-state index in [4.69, 9.17) is 4.74 Å². The second-order valence-electron chi connectivity index (χ2n) is 8.39. The van der Waals surface area contributed by atoms with Gasteiger partial charge in [-0.25, -0.2) is 4.68 Å². The number of nitrogens with zero attached hydrogens (tertiary/aromatic N) is 4. The number of ether oxygens (including phenoxy) is 1. The fourth-order valence-electron chi connectivity index (χ4n) is 4.69. The van der Waals surface area contributed by atoms with Gasteiger partial charge in [0, 0.05) is 31.5 Å². The van der Waals surface area contributed by atoms with E-state index in [-0.39, 0.29) is 12.0 Å². The average Bonchev–Trinajstić information content (AvgIpc) is 3.48. The number of methoxy groups -OCH3 is 1. The lowest BCUT2D eigenvalue weighted by atomic mass is 9.86. The summed E-state index contributed by atoms with van der Waals surface area (Å²) in [6.07, 6.45) is 1.76. The van der Waals surface area contributed by atoms with E-state index in [0.29, 0.717) is 6.54 Å². The molecule has 2 aromatic heterocycles. The number of thiophene rings is 1. The molecule has 3 aromatic rings. The normalized spacial score (nSPS) is 20.7. The molecule has 1 spiro atoms. The first kappa shape index (κ1) is 19.3. The van der Waals surface area contributed by atoms with Crippen LogP contribution in [-0.2, 0) is 26.1 Å². The molecule has 7 nitrogen and oxygen atoms in total. The van der Waals surface area contributed by atoms with Gasteiger partial charge in [0.1, 0.15) is 11.6 Å². The molecule has 0 aliphatic carbocycles. The summed E-state index contributed by atoms with van der Waals surface area (Å²) in [5.41, 5.74) is 1.23. The van der Waals surface area contributed by atoms with Gasteiger partial charge in [-0.05, 0) is 53.1 Å². The van der Waals surface area contributed by atoms with Crippen LogP contribution in [0.1, 0.15) is 23.4 Å². The van der Waals surface area contributed by atoms with Crippen LogP contribution in [0.25, 0.3) is 0 Å². The van der Waals surface area contributed by atoms with Crippen molar-refractivity contribution in [2.24, 2.45) is 5.41 Å². The standard InChI is InChI=1S/C22H24N4O3S/c1-29-18-4-2-16(3-5-18)12-26-21(28)20(27)25-15-22(10-19(25)23-26)7-8-24(14-22)11-17-6-9-30-13-17/h2-6,9,13H,7-8,10-12,14-15H2,1H3. The Hall–Kier alpha value is -2.71. The van der Waals surface area contributed by atoms with Gasteiger partial charge >= 0.3 is 11.1 Å². The summed E-state index contributed by atoms with van der Waals surface area (Å²) in [6, 6.07) is 9.63. The summed E-state index contributed by atoms with van der Waals surface area (Å²) in [4.78, 5) is 27.9. The highest BCUT2D eigenvalue weighted by Crippen LogP contribution is 2.39. The fraction of sp³-hybridized carbons (Fsp3) is 0.409. The first-order valence-corrected chi connectivity index (χ1v) is 11.1. The second-order valence-corrected chi connectivity index (χ2v) is 9.17. The Bertz CT molecular complexity index is 1170. The van der Waals surface area contributed by atoms with Crippen molar-refractivity contribution in [2.45, 2.75) is 32.5 Å². The minimum atomic E-state index is -0.556. The van der Waals surface area contributed by atoms with E-state index in [1.165, 1.54) is 10.2 Å². The zero-order valence-electron chi connectivity index (χ0n) is 16.9. The predicted octanol–water partition coefficient (Wildman–Crippen LogP) is 1.97. The summed E-state index contributed by atoms with van der Waals surface area (Å²) < 4.78 is 8.10. The van der Waals surface area contributed by atoms with Crippen LogP contribution in [0.3, 0.4) is 0 Å². The van der Waals surface area contributed by atoms with Gasteiger partial charge in [-0.1, -0.05) is 12.1 Å². The van der Waals surface area contributed by atoms with Crippen molar-refractivity contribution in [2.75, 3.05) is 20.2 Å². The van der Waals surface area contributed by atoms with E-state index in [2.05, 4.69) is 26.8 Å². The Labute approximate surface area is 178 Å². The zero-order chi connectivity index (χ0) is 20.7. The van der Waals surface area contributed by atoms with Crippen LogP contribution in [0.4, 0.5) is 0 Å². The summed E-state index contributed by atoms with van der Waals surface area (Å²) in [5, 5.41) is 8.88. The summed E-state index contributed by atoms with van der Waals surface area (Å²) in [6.45, 7) is 3.75. The number of fused-ring (bicyclic) bond motifs is 1. The molecule has 2 aliphatic heterocycles. The van der Waals surface area contributed by atoms with Crippen molar-refractivity contribution in [1.29, 1.82) is 0 Å². The minimum absolute atomic E-state index is 0.000911. The number of hydrogen-bond donors (Lipinski definition) is 0. The van der Waals surface area contributed by atoms with Crippen molar-refractivity contribution >= 4 is 11.3 Å². The highest BCUT2D eigenvalue weighted by atomic mass is 32.1. The molecule has 1 unspecified atom stereocenters. The number of hydrogen-bond acceptors (Lipinski definition) is 6. The molecule has 2 aliphatic rings. The van der Waals surface area contributed by atoms with E-state index in [0.717, 1.165) is 49.6 Å². The van der Waals surface area contributed by atoms with Gasteiger partial charge in [-0.15, -0.1) is 0 Å². The first-order valence-electron chi connectivity index (χ1n) is 10.1. The molecule has 0 radical (unpaired) electrons. The molecule has 0 N–H and O–H groups in total. The molecule has 0 saturated carbocycles. The SMILES string of the molecule is COc1ccc(Cn2nc3n(c(=O)c2=O)CC2(CCN(Cc4ccsc4)C2)C3)cc1. The highest BCUT2D eigenvalue weighted by molar-refractivity contribution is 7.07. The van der Waals surface area contributed by atoms with Crippen molar-refractivity contribution in [1.82, 2.24) is 19.2 Å². The van der Waals surface area contributed by atoms with Gasteiger partial charge in [0.25, 0.3) is 0 Å². The number of aromatic nitrogens is 3. The Balaban J connectivity index is 1.36. The molecular weight excluding hydrogens is 400 g/mol. The minimum Gasteiger partial charge on any atom is -0.497 e. The first-order chi connectivity index (χ1) is 14.5. The molecule has 1 aromatic carbocycles. The third-order valence-corrected chi connectivity index (χ3v) is 6.96. The van der Waals surface area contributed by atoms with E-state index in [9.17, 15) is 9.59 Å². The third kappa shape index (κ3) is 3.50. The Morgan fingerprint density at radius 1 is 1.07 bits per heavy atom. The molecule has 8 heteroatoms. The molecule has 0 amide bonds. The maximum atomic E-state index is 12.8. The van der Waals surface area contributed by atoms with Crippen LogP contribution in [0.2, 0.25) is 0 Å². The number of likely N-dealkylation sites (tertiary alicyclic amines) is 1. The summed E-state index contributed by atoms with van der Waals surface area (Å²) in [7, 11) is 1.61. The molecule has 4 heterocycles. The van der Waals surface area contributed by atoms with Crippen LogP contribution >= 0.6 is 11.3 Å².